The van der Waals surface area contributed by atoms with Gasteiger partial charge in [0.15, 0.2) is 0 Å². The molecule has 0 bridgehead atoms. The second-order valence-electron chi connectivity index (χ2n) is 3.87. The van der Waals surface area contributed by atoms with E-state index in [1.54, 1.807) is 18.7 Å². The molecule has 0 aliphatic heterocycles. The molecule has 0 aliphatic rings. The van der Waals surface area contributed by atoms with E-state index in [1.807, 2.05) is 0 Å². The van der Waals surface area contributed by atoms with Gasteiger partial charge in [0.1, 0.15) is 4.90 Å². The van der Waals surface area contributed by atoms with Crippen molar-refractivity contribution in [1.82, 2.24) is 19.8 Å². The van der Waals surface area contributed by atoms with E-state index in [9.17, 15) is 8.42 Å². The van der Waals surface area contributed by atoms with Gasteiger partial charge in [-0.3, -0.25) is 4.68 Å². The summed E-state index contributed by atoms with van der Waals surface area (Å²) >= 11 is 0. The lowest BCUT2D eigenvalue weighted by Crippen LogP contribution is -2.32. The molecule has 0 radical (unpaired) electrons. The van der Waals surface area contributed by atoms with Crippen molar-refractivity contribution in [2.24, 2.45) is 7.05 Å². The van der Waals surface area contributed by atoms with Gasteiger partial charge in [0.25, 0.3) is 0 Å². The highest BCUT2D eigenvalue weighted by Gasteiger charge is 2.18. The minimum Gasteiger partial charge on any atom is -0.315 e. The van der Waals surface area contributed by atoms with E-state index in [2.05, 4.69) is 22.1 Å². The molecule has 0 fully saturated rings. The van der Waals surface area contributed by atoms with Crippen molar-refractivity contribution in [3.05, 3.63) is 11.9 Å². The molecule has 1 rings (SSSR count). The first-order valence-electron chi connectivity index (χ1n) is 5.68. The summed E-state index contributed by atoms with van der Waals surface area (Å²) in [6.45, 7) is 5.71. The SMILES string of the molecule is CCCNCCNS(=O)(=O)c1cnn(C)c1C.Cl. The summed E-state index contributed by atoms with van der Waals surface area (Å²) in [4.78, 5) is 0.246. The van der Waals surface area contributed by atoms with E-state index in [-0.39, 0.29) is 17.3 Å². The monoisotopic (exact) mass is 296 g/mol. The molecular formula is C10H21ClN4O2S. The predicted molar refractivity (Wildman–Crippen MR) is 73.5 cm³/mol. The van der Waals surface area contributed by atoms with Gasteiger partial charge in [0.2, 0.25) is 10.0 Å². The molecule has 0 amide bonds. The van der Waals surface area contributed by atoms with Gasteiger partial charge >= 0.3 is 0 Å². The Labute approximate surface area is 115 Å². The van der Waals surface area contributed by atoms with Crippen LogP contribution in [0.5, 0.6) is 0 Å². The quantitative estimate of drug-likeness (QED) is 0.716. The van der Waals surface area contributed by atoms with Crippen molar-refractivity contribution in [2.75, 3.05) is 19.6 Å². The van der Waals surface area contributed by atoms with Crippen LogP contribution >= 0.6 is 12.4 Å². The summed E-state index contributed by atoms with van der Waals surface area (Å²) in [7, 11) is -1.71. The first-order valence-corrected chi connectivity index (χ1v) is 7.16. The van der Waals surface area contributed by atoms with Crippen LogP contribution in [0.4, 0.5) is 0 Å². The van der Waals surface area contributed by atoms with Gasteiger partial charge in [0, 0.05) is 20.1 Å². The average Bonchev–Trinajstić information content (AvgIpc) is 2.60. The van der Waals surface area contributed by atoms with Crippen LogP contribution in [0.15, 0.2) is 11.1 Å². The number of nitrogens with one attached hydrogen (secondary N) is 2. The molecule has 1 heterocycles. The number of hydrogen-bond acceptors (Lipinski definition) is 4. The molecule has 106 valence electrons. The van der Waals surface area contributed by atoms with Gasteiger partial charge in [0.05, 0.1) is 11.9 Å². The number of aryl methyl sites for hydroxylation is 1. The summed E-state index contributed by atoms with van der Waals surface area (Å²) < 4.78 is 27.9. The van der Waals surface area contributed by atoms with Crippen molar-refractivity contribution in [3.8, 4) is 0 Å². The van der Waals surface area contributed by atoms with Crippen molar-refractivity contribution >= 4 is 22.4 Å². The normalized spacial score (nSPS) is 11.3. The third-order valence-electron chi connectivity index (χ3n) is 2.50. The molecule has 8 heteroatoms. The largest absolute Gasteiger partial charge is 0.315 e. The smallest absolute Gasteiger partial charge is 0.244 e. The predicted octanol–water partition coefficient (Wildman–Crippen LogP) is 0.428. The van der Waals surface area contributed by atoms with Crippen molar-refractivity contribution in [3.63, 3.8) is 0 Å². The summed E-state index contributed by atoms with van der Waals surface area (Å²) in [5.74, 6) is 0. The standard InChI is InChI=1S/C10H20N4O2S.ClH/c1-4-5-11-6-7-13-17(15,16)10-8-12-14(3)9(10)2;/h8,11,13H,4-7H2,1-3H3;1H. The van der Waals surface area contributed by atoms with Crippen molar-refractivity contribution in [2.45, 2.75) is 25.2 Å². The van der Waals surface area contributed by atoms with Crippen LogP contribution in [0.3, 0.4) is 0 Å². The third-order valence-corrected chi connectivity index (χ3v) is 4.06. The Morgan fingerprint density at radius 1 is 1.33 bits per heavy atom. The fourth-order valence-electron chi connectivity index (χ4n) is 1.40. The maximum atomic E-state index is 11.9. The van der Waals surface area contributed by atoms with Gasteiger partial charge in [-0.1, -0.05) is 6.92 Å². The minimum atomic E-state index is -3.43. The topological polar surface area (TPSA) is 76.0 Å². The fourth-order valence-corrected chi connectivity index (χ4v) is 2.63. The summed E-state index contributed by atoms with van der Waals surface area (Å²) in [6, 6.07) is 0. The zero-order valence-corrected chi connectivity index (χ0v) is 12.6. The van der Waals surface area contributed by atoms with Crippen LogP contribution in [0, 0.1) is 6.92 Å². The lowest BCUT2D eigenvalue weighted by molar-refractivity contribution is 0.574. The van der Waals surface area contributed by atoms with Gasteiger partial charge in [-0.25, -0.2) is 13.1 Å². The zero-order valence-electron chi connectivity index (χ0n) is 10.9. The molecule has 18 heavy (non-hydrogen) atoms. The molecule has 0 spiro atoms. The van der Waals surface area contributed by atoms with Crippen LogP contribution in [0.25, 0.3) is 0 Å². The molecular weight excluding hydrogens is 276 g/mol. The highest BCUT2D eigenvalue weighted by atomic mass is 35.5. The van der Waals surface area contributed by atoms with Crippen molar-refractivity contribution < 1.29 is 8.42 Å². The molecule has 0 atom stereocenters. The highest BCUT2D eigenvalue weighted by Crippen LogP contribution is 2.12. The van der Waals surface area contributed by atoms with Crippen LogP contribution in [-0.4, -0.2) is 37.8 Å². The summed E-state index contributed by atoms with van der Waals surface area (Å²) in [5, 5.41) is 7.05. The Morgan fingerprint density at radius 3 is 2.50 bits per heavy atom. The Morgan fingerprint density at radius 2 is 2.00 bits per heavy atom. The van der Waals surface area contributed by atoms with E-state index in [4.69, 9.17) is 0 Å². The number of halogens is 1. The fraction of sp³-hybridized carbons (Fsp3) is 0.700. The van der Waals surface area contributed by atoms with Crippen LogP contribution in [0.2, 0.25) is 0 Å². The van der Waals surface area contributed by atoms with E-state index in [1.165, 1.54) is 6.20 Å². The van der Waals surface area contributed by atoms with E-state index < -0.39 is 10.0 Å². The Balaban J connectivity index is 0.00000289. The maximum absolute atomic E-state index is 11.9. The second-order valence-corrected chi connectivity index (χ2v) is 5.60. The molecule has 1 aromatic rings. The number of nitrogens with zero attached hydrogens (tertiary/aromatic N) is 2. The van der Waals surface area contributed by atoms with Crippen LogP contribution in [-0.2, 0) is 17.1 Å². The first kappa shape index (κ1) is 17.4. The number of sulfonamides is 1. The van der Waals surface area contributed by atoms with Crippen LogP contribution < -0.4 is 10.0 Å². The van der Waals surface area contributed by atoms with Gasteiger partial charge in [-0.2, -0.15) is 5.10 Å². The molecule has 2 N–H and O–H groups in total. The molecule has 0 unspecified atom stereocenters. The van der Waals surface area contributed by atoms with E-state index in [0.717, 1.165) is 13.0 Å². The highest BCUT2D eigenvalue weighted by molar-refractivity contribution is 7.89. The first-order chi connectivity index (χ1) is 7.99. The van der Waals surface area contributed by atoms with Crippen molar-refractivity contribution in [1.29, 1.82) is 0 Å². The molecule has 0 aromatic carbocycles. The van der Waals surface area contributed by atoms with Gasteiger partial charge in [-0.15, -0.1) is 12.4 Å². The van der Waals surface area contributed by atoms with Gasteiger partial charge < -0.3 is 5.32 Å². The zero-order chi connectivity index (χ0) is 12.9. The number of aromatic nitrogens is 2. The van der Waals surface area contributed by atoms with E-state index >= 15 is 0 Å². The summed E-state index contributed by atoms with van der Waals surface area (Å²) in [5.41, 5.74) is 0.638. The lowest BCUT2D eigenvalue weighted by Gasteiger charge is -2.06. The maximum Gasteiger partial charge on any atom is 0.244 e. The minimum absolute atomic E-state index is 0. The van der Waals surface area contributed by atoms with E-state index in [0.29, 0.717) is 18.8 Å². The molecule has 0 saturated heterocycles. The Hall–Kier alpha value is -0.630. The Bertz CT molecular complexity index is 458. The Kier molecular flexibility index (Phi) is 7.46. The molecule has 1 aromatic heterocycles. The lowest BCUT2D eigenvalue weighted by atomic mass is 10.5. The second kappa shape index (κ2) is 7.73. The van der Waals surface area contributed by atoms with Gasteiger partial charge in [-0.05, 0) is 19.9 Å². The molecule has 0 saturated carbocycles. The third kappa shape index (κ3) is 4.56. The number of rotatable bonds is 7. The molecule has 0 aliphatic carbocycles. The summed E-state index contributed by atoms with van der Waals surface area (Å²) in [6.07, 6.45) is 2.41. The van der Waals surface area contributed by atoms with Crippen LogP contribution in [0.1, 0.15) is 19.0 Å². The number of hydrogen-bond donors (Lipinski definition) is 2. The molecule has 6 nitrogen and oxygen atoms in total. The average molecular weight is 297 g/mol.